The van der Waals surface area contributed by atoms with Crippen molar-refractivity contribution in [1.29, 1.82) is 0 Å². The molecule has 1 aromatic heterocycles. The monoisotopic (exact) mass is 698 g/mol. The van der Waals surface area contributed by atoms with Gasteiger partial charge in [0.2, 0.25) is 18.0 Å². The van der Waals surface area contributed by atoms with Gasteiger partial charge < -0.3 is 43.6 Å². The van der Waals surface area contributed by atoms with Crippen molar-refractivity contribution in [3.63, 3.8) is 0 Å². The van der Waals surface area contributed by atoms with Crippen LogP contribution in [-0.4, -0.2) is 80.6 Å². The van der Waals surface area contributed by atoms with Crippen molar-refractivity contribution in [3.8, 4) is 5.75 Å². The number of phosphoric acid groups is 1. The molecule has 5 rings (SSSR count). The third-order valence-corrected chi connectivity index (χ3v) is 8.76. The van der Waals surface area contributed by atoms with Gasteiger partial charge in [-0.3, -0.25) is 18.9 Å². The molecule has 48 heavy (non-hydrogen) atoms. The first-order valence-electron chi connectivity index (χ1n) is 14.8. The molecule has 1 aromatic carbocycles. The van der Waals surface area contributed by atoms with Crippen LogP contribution in [-0.2, 0) is 29.9 Å². The van der Waals surface area contributed by atoms with Crippen molar-refractivity contribution in [1.82, 2.24) is 14.8 Å². The SMILES string of the molecule is CC1=NO[C@@]2(CC[C@H](C)N3C[C@H]2n2cc(C(=O)NCc4ccc(F)cc4F)c(=O)c(OCOC(=O)O[C@@H](C)COP(=O)(O)O)c2C3=O)C1. The lowest BCUT2D eigenvalue weighted by molar-refractivity contribution is -0.0658. The number of nitrogens with zero attached hydrogens (tertiary/aromatic N) is 3. The molecule has 3 aliphatic heterocycles. The molecule has 0 radical (unpaired) electrons. The van der Waals surface area contributed by atoms with Crippen LogP contribution in [0.3, 0.4) is 0 Å². The number of halogens is 2. The fraction of sp³-hybridized carbons (Fsp3) is 0.483. The Hall–Kier alpha value is -4.38. The number of benzene rings is 1. The topological polar surface area (TPSA) is 205 Å². The molecule has 2 aromatic rings. The Morgan fingerprint density at radius 1 is 1.27 bits per heavy atom. The fourth-order valence-corrected chi connectivity index (χ4v) is 6.32. The molecule has 3 N–H and O–H groups in total. The predicted octanol–water partition coefficient (Wildman–Crippen LogP) is 2.76. The lowest BCUT2D eigenvalue weighted by Gasteiger charge is -2.42. The van der Waals surface area contributed by atoms with Crippen LogP contribution in [0.1, 0.15) is 72.5 Å². The first kappa shape index (κ1) is 34.9. The molecule has 0 unspecified atom stereocenters. The third kappa shape index (κ3) is 7.36. The normalized spacial score (nSPS) is 22.3. The Morgan fingerprint density at radius 3 is 2.69 bits per heavy atom. The van der Waals surface area contributed by atoms with Gasteiger partial charge in [-0.05, 0) is 39.7 Å². The van der Waals surface area contributed by atoms with Crippen molar-refractivity contribution in [3.05, 3.63) is 63.1 Å². The third-order valence-electron chi connectivity index (χ3n) is 8.28. The average molecular weight is 699 g/mol. The minimum atomic E-state index is -4.83. The van der Waals surface area contributed by atoms with Crippen LogP contribution in [0.5, 0.6) is 5.75 Å². The Morgan fingerprint density at radius 2 is 2.02 bits per heavy atom. The summed E-state index contributed by atoms with van der Waals surface area (Å²) in [6.07, 6.45) is 0.106. The van der Waals surface area contributed by atoms with E-state index in [4.69, 9.17) is 28.8 Å². The number of carbonyl (C=O) groups excluding carboxylic acids is 3. The molecule has 19 heteroatoms. The Kier molecular flexibility index (Phi) is 9.92. The highest BCUT2D eigenvalue weighted by molar-refractivity contribution is 7.46. The van der Waals surface area contributed by atoms with Gasteiger partial charge in [0.1, 0.15) is 23.3 Å². The molecular formula is C29H33F2N4O12P. The summed E-state index contributed by atoms with van der Waals surface area (Å²) in [6, 6.07) is 1.86. The molecule has 1 fully saturated rings. The Bertz CT molecular complexity index is 1760. The standard InChI is InChI=1S/C29H33F2N4O12P/c1-15-9-29(47-33-15)7-6-16(2)34-12-22(29)35-11-20(26(37)32-10-18-4-5-19(30)8-21(18)31)24(36)25(23(35)27(34)38)43-14-44-28(39)46-17(3)13-45-48(40,41)42/h4-5,8,11,16-17,22H,6-7,9-10,12-14H2,1-3H3,(H,32,37)(H2,40,41,42)/t16-,17-,22+,29-/m0/s1. The van der Waals surface area contributed by atoms with Crippen molar-refractivity contribution >= 4 is 31.5 Å². The average Bonchev–Trinajstić information content (AvgIpc) is 3.34. The smallest absolute Gasteiger partial charge is 0.451 e. The molecular weight excluding hydrogens is 665 g/mol. The molecule has 4 heterocycles. The predicted molar refractivity (Wildman–Crippen MR) is 159 cm³/mol. The zero-order valence-electron chi connectivity index (χ0n) is 26.0. The van der Waals surface area contributed by atoms with Gasteiger partial charge in [-0.25, -0.2) is 18.1 Å². The lowest BCUT2D eigenvalue weighted by atomic mass is 9.84. The van der Waals surface area contributed by atoms with Gasteiger partial charge >= 0.3 is 14.0 Å². The maximum absolute atomic E-state index is 14.3. The van der Waals surface area contributed by atoms with E-state index in [9.17, 15) is 32.5 Å². The van der Waals surface area contributed by atoms with Gasteiger partial charge in [-0.15, -0.1) is 0 Å². The number of ether oxygens (including phenoxy) is 3. The van der Waals surface area contributed by atoms with Gasteiger partial charge in [0.15, 0.2) is 11.3 Å². The van der Waals surface area contributed by atoms with Crippen molar-refractivity contribution in [2.45, 2.75) is 70.4 Å². The minimum Gasteiger partial charge on any atom is -0.451 e. The number of hydrogen-bond donors (Lipinski definition) is 3. The first-order chi connectivity index (χ1) is 22.6. The van der Waals surface area contributed by atoms with E-state index in [1.165, 1.54) is 17.7 Å². The molecule has 0 aliphatic carbocycles. The summed E-state index contributed by atoms with van der Waals surface area (Å²) in [5.41, 5.74) is -2.07. The van der Waals surface area contributed by atoms with Crippen LogP contribution in [0.2, 0.25) is 0 Å². The molecule has 2 bridgehead atoms. The van der Waals surface area contributed by atoms with E-state index in [1.807, 2.05) is 6.92 Å². The number of carbonyl (C=O) groups is 3. The van der Waals surface area contributed by atoms with Gasteiger partial charge in [0.05, 0.1) is 18.4 Å². The number of oxime groups is 1. The maximum atomic E-state index is 14.3. The highest BCUT2D eigenvalue weighted by Crippen LogP contribution is 2.46. The number of hydrogen-bond acceptors (Lipinski definition) is 11. The summed E-state index contributed by atoms with van der Waals surface area (Å²) in [5, 5.41) is 6.59. The van der Waals surface area contributed by atoms with E-state index in [-0.39, 0.29) is 23.8 Å². The molecule has 260 valence electrons. The highest BCUT2D eigenvalue weighted by Gasteiger charge is 2.54. The van der Waals surface area contributed by atoms with E-state index >= 15 is 0 Å². The summed E-state index contributed by atoms with van der Waals surface area (Å²) in [5.74, 6) is -3.91. The van der Waals surface area contributed by atoms with Crippen LogP contribution < -0.4 is 15.5 Å². The number of nitrogens with one attached hydrogen (secondary N) is 1. The van der Waals surface area contributed by atoms with Crippen LogP contribution in [0, 0.1) is 11.6 Å². The summed E-state index contributed by atoms with van der Waals surface area (Å²) >= 11 is 0. The van der Waals surface area contributed by atoms with Crippen LogP contribution in [0.25, 0.3) is 0 Å². The second-order valence-electron chi connectivity index (χ2n) is 11.8. The van der Waals surface area contributed by atoms with E-state index in [0.717, 1.165) is 12.1 Å². The number of fused-ring (bicyclic) bond motifs is 5. The number of phosphoric ester groups is 1. The molecule has 1 spiro atoms. The van der Waals surface area contributed by atoms with Gasteiger partial charge in [0.25, 0.3) is 11.8 Å². The van der Waals surface area contributed by atoms with Gasteiger partial charge in [-0.1, -0.05) is 11.2 Å². The van der Waals surface area contributed by atoms with Crippen molar-refractivity contribution in [2.75, 3.05) is 19.9 Å². The summed E-state index contributed by atoms with van der Waals surface area (Å²) in [6.45, 7) is 3.01. The van der Waals surface area contributed by atoms with Crippen LogP contribution >= 0.6 is 7.82 Å². The number of aromatic nitrogens is 1. The lowest BCUT2D eigenvalue weighted by Crippen LogP contribution is -2.52. The van der Waals surface area contributed by atoms with E-state index in [1.54, 1.807) is 11.8 Å². The van der Waals surface area contributed by atoms with Gasteiger partial charge in [-0.2, -0.15) is 0 Å². The fourth-order valence-electron chi connectivity index (χ4n) is 5.91. The van der Waals surface area contributed by atoms with Crippen LogP contribution in [0.4, 0.5) is 13.6 Å². The minimum absolute atomic E-state index is 0.0545. The first-order valence-corrected chi connectivity index (χ1v) is 16.3. The molecule has 1 saturated heterocycles. The van der Waals surface area contributed by atoms with Crippen molar-refractivity contribution in [2.24, 2.45) is 5.16 Å². The highest BCUT2D eigenvalue weighted by atomic mass is 31.2. The molecule has 2 amide bonds. The summed E-state index contributed by atoms with van der Waals surface area (Å²) in [4.78, 5) is 78.6. The molecule has 3 aliphatic rings. The van der Waals surface area contributed by atoms with Crippen molar-refractivity contribution < 1.29 is 61.1 Å². The Balaban J connectivity index is 1.47. The molecule has 16 nitrogen and oxygen atoms in total. The van der Waals surface area contributed by atoms with E-state index in [2.05, 4.69) is 15.0 Å². The van der Waals surface area contributed by atoms with Crippen LogP contribution in [0.15, 0.2) is 34.3 Å². The quantitative estimate of drug-likeness (QED) is 0.186. The second kappa shape index (κ2) is 13.6. The zero-order valence-corrected chi connectivity index (χ0v) is 26.9. The molecule has 0 saturated carbocycles. The number of pyridine rings is 1. The molecule has 4 atom stereocenters. The maximum Gasteiger partial charge on any atom is 0.511 e. The largest absolute Gasteiger partial charge is 0.511 e. The zero-order chi connectivity index (χ0) is 35.0. The van der Waals surface area contributed by atoms with E-state index < -0.39 is 91.9 Å². The second-order valence-corrected chi connectivity index (χ2v) is 13.0. The summed E-state index contributed by atoms with van der Waals surface area (Å²) in [7, 11) is -4.83. The van der Waals surface area contributed by atoms with E-state index in [0.29, 0.717) is 31.0 Å². The Labute approximate surface area is 271 Å². The number of amides is 2. The van der Waals surface area contributed by atoms with Gasteiger partial charge in [0, 0.05) is 43.4 Å². The summed E-state index contributed by atoms with van der Waals surface area (Å²) < 4.78 is 59.6. The number of rotatable bonds is 10.